The Balaban J connectivity index is 2.37. The first kappa shape index (κ1) is 11.6. The summed E-state index contributed by atoms with van der Waals surface area (Å²) in [5, 5.41) is 0. The van der Waals surface area contributed by atoms with Crippen LogP contribution < -0.4 is 0 Å². The third-order valence-corrected chi connectivity index (χ3v) is 4.32. The first-order chi connectivity index (χ1) is 7.50. The standard InChI is InChI=1S/C15H22O/c1-9(2)12-6-5-10(3)13-8-15(16)11(4)7-14(12)13/h5,8-9,11-12,14H,6-7H2,1-4H3/t11-,12+,14+/m0/s1. The fourth-order valence-electron chi connectivity index (χ4n) is 3.17. The summed E-state index contributed by atoms with van der Waals surface area (Å²) in [6.07, 6.45) is 6.47. The van der Waals surface area contributed by atoms with Gasteiger partial charge in [0.15, 0.2) is 5.78 Å². The zero-order valence-corrected chi connectivity index (χ0v) is 10.8. The molecular weight excluding hydrogens is 196 g/mol. The highest BCUT2D eigenvalue weighted by Gasteiger charge is 2.36. The normalized spacial score (nSPS) is 34.6. The van der Waals surface area contributed by atoms with Crippen LogP contribution in [0.2, 0.25) is 0 Å². The van der Waals surface area contributed by atoms with Crippen molar-refractivity contribution in [2.45, 2.75) is 40.5 Å². The van der Waals surface area contributed by atoms with E-state index >= 15 is 0 Å². The van der Waals surface area contributed by atoms with Crippen molar-refractivity contribution in [1.82, 2.24) is 0 Å². The van der Waals surface area contributed by atoms with Crippen LogP contribution in [-0.4, -0.2) is 5.78 Å². The van der Waals surface area contributed by atoms with E-state index in [9.17, 15) is 4.79 Å². The fourth-order valence-corrected chi connectivity index (χ4v) is 3.17. The lowest BCUT2D eigenvalue weighted by molar-refractivity contribution is -0.119. The Bertz CT molecular complexity index is 360. The topological polar surface area (TPSA) is 17.1 Å². The molecule has 3 atom stereocenters. The van der Waals surface area contributed by atoms with E-state index in [1.807, 2.05) is 6.08 Å². The minimum atomic E-state index is 0.223. The second-order valence-corrected chi connectivity index (χ2v) is 5.78. The minimum absolute atomic E-state index is 0.223. The number of hydrogen-bond donors (Lipinski definition) is 0. The van der Waals surface area contributed by atoms with E-state index in [-0.39, 0.29) is 5.92 Å². The summed E-state index contributed by atoms with van der Waals surface area (Å²) >= 11 is 0. The first-order valence-corrected chi connectivity index (χ1v) is 6.43. The molecule has 0 spiro atoms. The highest BCUT2D eigenvalue weighted by atomic mass is 16.1. The Labute approximate surface area is 98.6 Å². The van der Waals surface area contributed by atoms with Gasteiger partial charge >= 0.3 is 0 Å². The number of carbonyl (C=O) groups is 1. The summed E-state index contributed by atoms with van der Waals surface area (Å²) in [5.74, 6) is 2.60. The maximum atomic E-state index is 11.8. The van der Waals surface area contributed by atoms with Crippen molar-refractivity contribution < 1.29 is 4.79 Å². The molecule has 0 heterocycles. The SMILES string of the molecule is CC1=CC[C@H](C(C)C)[C@H]2C[C@H](C)C(=O)C=C12. The molecule has 0 bridgehead atoms. The van der Waals surface area contributed by atoms with Crippen LogP contribution in [0.1, 0.15) is 40.5 Å². The van der Waals surface area contributed by atoms with Crippen LogP contribution in [0, 0.1) is 23.7 Å². The highest BCUT2D eigenvalue weighted by Crippen LogP contribution is 2.44. The van der Waals surface area contributed by atoms with Crippen LogP contribution in [-0.2, 0) is 4.79 Å². The van der Waals surface area contributed by atoms with Gasteiger partial charge < -0.3 is 0 Å². The van der Waals surface area contributed by atoms with Crippen LogP contribution in [0.4, 0.5) is 0 Å². The van der Waals surface area contributed by atoms with Crippen LogP contribution in [0.25, 0.3) is 0 Å². The van der Waals surface area contributed by atoms with Gasteiger partial charge in [-0.05, 0) is 49.2 Å². The largest absolute Gasteiger partial charge is 0.295 e. The van der Waals surface area contributed by atoms with Crippen molar-refractivity contribution in [3.63, 3.8) is 0 Å². The Kier molecular flexibility index (Phi) is 3.05. The Hall–Kier alpha value is -0.850. The zero-order valence-electron chi connectivity index (χ0n) is 10.8. The Morgan fingerprint density at radius 1 is 1.38 bits per heavy atom. The third kappa shape index (κ3) is 1.88. The molecule has 0 saturated carbocycles. The summed E-state index contributed by atoms with van der Waals surface area (Å²) in [7, 11) is 0. The van der Waals surface area contributed by atoms with Gasteiger partial charge in [-0.25, -0.2) is 0 Å². The predicted molar refractivity (Wildman–Crippen MR) is 67.1 cm³/mol. The lowest BCUT2D eigenvalue weighted by atomic mass is 9.65. The summed E-state index contributed by atoms with van der Waals surface area (Å²) in [4.78, 5) is 11.8. The van der Waals surface area contributed by atoms with Crippen molar-refractivity contribution in [3.8, 4) is 0 Å². The van der Waals surface area contributed by atoms with Gasteiger partial charge in [-0.1, -0.05) is 32.4 Å². The lowest BCUT2D eigenvalue weighted by Gasteiger charge is -2.39. The summed E-state index contributed by atoms with van der Waals surface area (Å²) in [6, 6.07) is 0. The molecule has 0 unspecified atom stereocenters. The van der Waals surface area contributed by atoms with Crippen molar-refractivity contribution >= 4 is 5.78 Å². The molecule has 0 saturated heterocycles. The van der Waals surface area contributed by atoms with Gasteiger partial charge in [-0.15, -0.1) is 0 Å². The second kappa shape index (κ2) is 4.20. The Morgan fingerprint density at radius 2 is 2.06 bits per heavy atom. The molecule has 1 nitrogen and oxygen atoms in total. The molecule has 0 N–H and O–H groups in total. The van der Waals surface area contributed by atoms with Gasteiger partial charge in [-0.2, -0.15) is 0 Å². The van der Waals surface area contributed by atoms with Gasteiger partial charge in [0, 0.05) is 5.92 Å². The molecular formula is C15H22O. The fraction of sp³-hybridized carbons (Fsp3) is 0.667. The molecule has 0 aliphatic heterocycles. The van der Waals surface area contributed by atoms with Crippen molar-refractivity contribution in [3.05, 3.63) is 23.3 Å². The molecule has 0 amide bonds. The van der Waals surface area contributed by atoms with Gasteiger partial charge in [-0.3, -0.25) is 4.79 Å². The molecule has 2 aliphatic carbocycles. The number of rotatable bonds is 1. The average Bonchev–Trinajstić information content (AvgIpc) is 2.21. The predicted octanol–water partition coefficient (Wildman–Crippen LogP) is 3.76. The zero-order chi connectivity index (χ0) is 11.9. The van der Waals surface area contributed by atoms with Gasteiger partial charge in [0.2, 0.25) is 0 Å². The van der Waals surface area contributed by atoms with E-state index in [0.29, 0.717) is 17.6 Å². The minimum Gasteiger partial charge on any atom is -0.295 e. The maximum Gasteiger partial charge on any atom is 0.158 e. The van der Waals surface area contributed by atoms with Crippen molar-refractivity contribution in [1.29, 1.82) is 0 Å². The van der Waals surface area contributed by atoms with E-state index in [4.69, 9.17) is 0 Å². The quantitative estimate of drug-likeness (QED) is 0.655. The molecule has 2 aliphatic rings. The monoisotopic (exact) mass is 218 g/mol. The third-order valence-electron chi connectivity index (χ3n) is 4.32. The van der Waals surface area contributed by atoms with E-state index in [0.717, 1.165) is 12.3 Å². The van der Waals surface area contributed by atoms with Crippen molar-refractivity contribution in [2.75, 3.05) is 0 Å². The van der Waals surface area contributed by atoms with Crippen molar-refractivity contribution in [2.24, 2.45) is 23.7 Å². The van der Waals surface area contributed by atoms with E-state index in [1.165, 1.54) is 17.6 Å². The average molecular weight is 218 g/mol. The van der Waals surface area contributed by atoms with E-state index in [1.54, 1.807) is 0 Å². The molecule has 0 fully saturated rings. The van der Waals surface area contributed by atoms with Crippen LogP contribution >= 0.6 is 0 Å². The molecule has 1 heteroatoms. The van der Waals surface area contributed by atoms with E-state index in [2.05, 4.69) is 33.8 Å². The maximum absolute atomic E-state index is 11.8. The summed E-state index contributed by atoms with van der Waals surface area (Å²) in [6.45, 7) is 8.83. The molecule has 2 rings (SSSR count). The molecule has 88 valence electrons. The summed E-state index contributed by atoms with van der Waals surface area (Å²) < 4.78 is 0. The van der Waals surface area contributed by atoms with Gasteiger partial charge in [0.1, 0.15) is 0 Å². The lowest BCUT2D eigenvalue weighted by Crippen LogP contribution is -2.32. The van der Waals surface area contributed by atoms with Crippen LogP contribution in [0.5, 0.6) is 0 Å². The number of allylic oxidation sites excluding steroid dienone is 4. The second-order valence-electron chi connectivity index (χ2n) is 5.78. The molecule has 0 radical (unpaired) electrons. The van der Waals surface area contributed by atoms with E-state index < -0.39 is 0 Å². The summed E-state index contributed by atoms with van der Waals surface area (Å²) in [5.41, 5.74) is 2.66. The highest BCUT2D eigenvalue weighted by molar-refractivity contribution is 5.94. The van der Waals surface area contributed by atoms with Gasteiger partial charge in [0.25, 0.3) is 0 Å². The number of carbonyl (C=O) groups excluding carboxylic acids is 1. The first-order valence-electron chi connectivity index (χ1n) is 6.43. The number of ketones is 1. The molecule has 16 heavy (non-hydrogen) atoms. The van der Waals surface area contributed by atoms with Crippen LogP contribution in [0.15, 0.2) is 23.3 Å². The van der Waals surface area contributed by atoms with Gasteiger partial charge in [0.05, 0.1) is 0 Å². The van der Waals surface area contributed by atoms with Crippen LogP contribution in [0.3, 0.4) is 0 Å². The number of hydrogen-bond acceptors (Lipinski definition) is 1. The molecule has 0 aromatic heterocycles. The molecule has 0 aromatic carbocycles. The Morgan fingerprint density at radius 3 is 2.69 bits per heavy atom. The smallest absolute Gasteiger partial charge is 0.158 e. The molecule has 0 aromatic rings. The number of fused-ring (bicyclic) bond motifs is 1.